The normalized spacial score (nSPS) is 11.8. The van der Waals surface area contributed by atoms with Gasteiger partial charge >= 0.3 is 0 Å². The van der Waals surface area contributed by atoms with Crippen LogP contribution in [-0.4, -0.2) is 29.3 Å². The van der Waals surface area contributed by atoms with Crippen molar-refractivity contribution < 1.29 is 9.59 Å². The second kappa shape index (κ2) is 11.5. The SMILES string of the molecule is CCCCNC(=O)[C@@H](C)N(Cc1ccccc1C)C(=O)CCc1cccc2ccccc12. The first-order chi connectivity index (χ1) is 15.5. The van der Waals surface area contributed by atoms with Crippen LogP contribution in [0.25, 0.3) is 10.8 Å². The Morgan fingerprint density at radius 3 is 2.41 bits per heavy atom. The van der Waals surface area contributed by atoms with Crippen molar-refractivity contribution in [3.8, 4) is 0 Å². The van der Waals surface area contributed by atoms with Crippen molar-refractivity contribution >= 4 is 22.6 Å². The third kappa shape index (κ3) is 5.97. The van der Waals surface area contributed by atoms with Crippen LogP contribution in [0.5, 0.6) is 0 Å². The Kier molecular flexibility index (Phi) is 8.43. The van der Waals surface area contributed by atoms with Gasteiger partial charge in [-0.3, -0.25) is 9.59 Å². The topological polar surface area (TPSA) is 49.4 Å². The van der Waals surface area contributed by atoms with Crippen LogP contribution in [-0.2, 0) is 22.6 Å². The Morgan fingerprint density at radius 1 is 0.938 bits per heavy atom. The van der Waals surface area contributed by atoms with Crippen LogP contribution < -0.4 is 5.32 Å². The lowest BCUT2D eigenvalue weighted by molar-refractivity contribution is -0.140. The van der Waals surface area contributed by atoms with E-state index >= 15 is 0 Å². The van der Waals surface area contributed by atoms with Gasteiger partial charge < -0.3 is 10.2 Å². The van der Waals surface area contributed by atoms with E-state index in [1.807, 2.05) is 56.3 Å². The quantitative estimate of drug-likeness (QED) is 0.437. The Hall–Kier alpha value is -3.14. The fourth-order valence-corrected chi connectivity index (χ4v) is 3.99. The summed E-state index contributed by atoms with van der Waals surface area (Å²) in [5.74, 6) is -0.0927. The molecule has 0 aromatic heterocycles. The molecule has 0 aliphatic heterocycles. The summed E-state index contributed by atoms with van der Waals surface area (Å²) in [4.78, 5) is 27.9. The van der Waals surface area contributed by atoms with Gasteiger partial charge in [0.15, 0.2) is 0 Å². The summed E-state index contributed by atoms with van der Waals surface area (Å²) in [7, 11) is 0. The first kappa shape index (κ1) is 23.5. The number of hydrogen-bond donors (Lipinski definition) is 1. The second-order valence-corrected chi connectivity index (χ2v) is 8.41. The number of hydrogen-bond acceptors (Lipinski definition) is 2. The Bertz CT molecular complexity index is 1050. The van der Waals surface area contributed by atoms with Gasteiger partial charge in [-0.05, 0) is 54.2 Å². The predicted octanol–water partition coefficient (Wildman–Crippen LogP) is 5.41. The molecule has 0 heterocycles. The van der Waals surface area contributed by atoms with E-state index in [1.54, 1.807) is 4.90 Å². The number of nitrogens with one attached hydrogen (secondary N) is 1. The van der Waals surface area contributed by atoms with Gasteiger partial charge in [-0.15, -0.1) is 0 Å². The molecule has 3 rings (SSSR count). The summed E-state index contributed by atoms with van der Waals surface area (Å²) in [5, 5.41) is 5.34. The average molecular weight is 431 g/mol. The molecule has 0 unspecified atom stereocenters. The van der Waals surface area contributed by atoms with Crippen molar-refractivity contribution in [2.24, 2.45) is 0 Å². The van der Waals surface area contributed by atoms with E-state index < -0.39 is 6.04 Å². The zero-order chi connectivity index (χ0) is 22.9. The molecule has 2 amide bonds. The largest absolute Gasteiger partial charge is 0.354 e. The zero-order valence-electron chi connectivity index (χ0n) is 19.4. The smallest absolute Gasteiger partial charge is 0.242 e. The minimum absolute atomic E-state index is 0.000622. The lowest BCUT2D eigenvalue weighted by Gasteiger charge is -2.29. The maximum absolute atomic E-state index is 13.4. The maximum atomic E-state index is 13.4. The fourth-order valence-electron chi connectivity index (χ4n) is 3.99. The van der Waals surface area contributed by atoms with Crippen LogP contribution in [0.4, 0.5) is 0 Å². The Morgan fingerprint density at radius 2 is 1.62 bits per heavy atom. The molecular formula is C28H34N2O2. The lowest BCUT2D eigenvalue weighted by Crippen LogP contribution is -2.48. The first-order valence-corrected chi connectivity index (χ1v) is 11.6. The molecule has 3 aromatic rings. The van der Waals surface area contributed by atoms with Crippen LogP contribution in [0.2, 0.25) is 0 Å². The van der Waals surface area contributed by atoms with Crippen molar-refractivity contribution in [3.63, 3.8) is 0 Å². The van der Waals surface area contributed by atoms with Crippen LogP contribution in [0.1, 0.15) is 49.8 Å². The maximum Gasteiger partial charge on any atom is 0.242 e. The van der Waals surface area contributed by atoms with Gasteiger partial charge in [0.05, 0.1) is 0 Å². The third-order valence-electron chi connectivity index (χ3n) is 6.09. The van der Waals surface area contributed by atoms with Crippen LogP contribution in [0, 0.1) is 6.92 Å². The van der Waals surface area contributed by atoms with E-state index in [1.165, 1.54) is 10.8 Å². The molecule has 4 nitrogen and oxygen atoms in total. The lowest BCUT2D eigenvalue weighted by atomic mass is 10.00. The highest BCUT2D eigenvalue weighted by Gasteiger charge is 2.26. The van der Waals surface area contributed by atoms with E-state index in [4.69, 9.17) is 0 Å². The van der Waals surface area contributed by atoms with Crippen molar-refractivity contribution in [2.45, 2.75) is 59.0 Å². The summed E-state index contributed by atoms with van der Waals surface area (Å²) in [5.41, 5.74) is 3.35. The number of unbranched alkanes of at least 4 members (excludes halogenated alkanes) is 1. The summed E-state index contributed by atoms with van der Waals surface area (Å²) in [6, 6.07) is 22.0. The number of fused-ring (bicyclic) bond motifs is 1. The van der Waals surface area contributed by atoms with Crippen LogP contribution >= 0.6 is 0 Å². The number of carbonyl (C=O) groups excluding carboxylic acids is 2. The van der Waals surface area contributed by atoms with Gasteiger partial charge in [0.2, 0.25) is 11.8 Å². The molecular weight excluding hydrogens is 396 g/mol. The van der Waals surface area contributed by atoms with Crippen molar-refractivity contribution in [1.82, 2.24) is 10.2 Å². The standard InChI is InChI=1S/C28H34N2O2/c1-4-5-19-29-28(32)22(3)30(20-25-13-7-6-11-21(25)2)27(31)18-17-24-15-10-14-23-12-8-9-16-26(23)24/h6-16,22H,4-5,17-20H2,1-3H3,(H,29,32)/t22-/m1/s1. The van der Waals surface area contributed by atoms with E-state index in [0.29, 0.717) is 25.9 Å². The van der Waals surface area contributed by atoms with Gasteiger partial charge in [0.25, 0.3) is 0 Å². The molecule has 0 radical (unpaired) electrons. The van der Waals surface area contributed by atoms with Crippen molar-refractivity contribution in [3.05, 3.63) is 83.4 Å². The van der Waals surface area contributed by atoms with Gasteiger partial charge in [0.1, 0.15) is 6.04 Å². The molecule has 4 heteroatoms. The predicted molar refractivity (Wildman–Crippen MR) is 131 cm³/mol. The number of rotatable bonds is 10. The highest BCUT2D eigenvalue weighted by molar-refractivity contribution is 5.88. The average Bonchev–Trinajstić information content (AvgIpc) is 2.81. The molecule has 3 aromatic carbocycles. The molecule has 1 atom stereocenters. The number of aryl methyl sites for hydroxylation is 2. The monoisotopic (exact) mass is 430 g/mol. The van der Waals surface area contributed by atoms with Gasteiger partial charge in [-0.1, -0.05) is 80.1 Å². The summed E-state index contributed by atoms with van der Waals surface area (Å²) in [6.07, 6.45) is 2.97. The molecule has 0 saturated carbocycles. The minimum Gasteiger partial charge on any atom is -0.354 e. The molecule has 0 spiro atoms. The third-order valence-corrected chi connectivity index (χ3v) is 6.09. The summed E-state index contributed by atoms with van der Waals surface area (Å²) < 4.78 is 0. The first-order valence-electron chi connectivity index (χ1n) is 11.6. The highest BCUT2D eigenvalue weighted by atomic mass is 16.2. The molecule has 0 saturated heterocycles. The summed E-state index contributed by atoms with van der Waals surface area (Å²) in [6.45, 7) is 7.04. The van der Waals surface area contributed by atoms with Gasteiger partial charge in [0, 0.05) is 19.5 Å². The van der Waals surface area contributed by atoms with E-state index in [-0.39, 0.29) is 11.8 Å². The molecule has 0 aliphatic rings. The molecule has 1 N–H and O–H groups in total. The molecule has 32 heavy (non-hydrogen) atoms. The fraction of sp³-hybridized carbons (Fsp3) is 0.357. The van der Waals surface area contributed by atoms with E-state index in [0.717, 1.165) is 29.5 Å². The van der Waals surface area contributed by atoms with Crippen LogP contribution in [0.15, 0.2) is 66.7 Å². The molecule has 0 aliphatic carbocycles. The van der Waals surface area contributed by atoms with E-state index in [2.05, 4.69) is 36.5 Å². The highest BCUT2D eigenvalue weighted by Crippen LogP contribution is 2.21. The van der Waals surface area contributed by atoms with Gasteiger partial charge in [-0.2, -0.15) is 0 Å². The van der Waals surface area contributed by atoms with Gasteiger partial charge in [-0.25, -0.2) is 0 Å². The number of amides is 2. The van der Waals surface area contributed by atoms with Crippen molar-refractivity contribution in [1.29, 1.82) is 0 Å². The number of nitrogens with zero attached hydrogens (tertiary/aromatic N) is 1. The molecule has 0 fully saturated rings. The Balaban J connectivity index is 1.77. The Labute approximate surface area is 191 Å². The summed E-state index contributed by atoms with van der Waals surface area (Å²) >= 11 is 0. The minimum atomic E-state index is -0.522. The van der Waals surface area contributed by atoms with Crippen molar-refractivity contribution in [2.75, 3.05) is 6.54 Å². The zero-order valence-corrected chi connectivity index (χ0v) is 19.4. The second-order valence-electron chi connectivity index (χ2n) is 8.41. The number of benzene rings is 3. The molecule has 168 valence electrons. The van der Waals surface area contributed by atoms with Crippen LogP contribution in [0.3, 0.4) is 0 Å². The molecule has 0 bridgehead atoms. The number of carbonyl (C=O) groups is 2. The van der Waals surface area contributed by atoms with E-state index in [9.17, 15) is 9.59 Å².